The SMILES string of the molecule is CCN(C(=O)CN1CCCCC1CCNC)C1=CCCC1. The van der Waals surface area contributed by atoms with Gasteiger partial charge < -0.3 is 10.2 Å². The van der Waals surface area contributed by atoms with Crippen LogP contribution in [0.25, 0.3) is 0 Å². The fourth-order valence-electron chi connectivity index (χ4n) is 3.60. The summed E-state index contributed by atoms with van der Waals surface area (Å²) in [4.78, 5) is 17.1. The van der Waals surface area contributed by atoms with Gasteiger partial charge in [-0.1, -0.05) is 12.5 Å². The number of piperidine rings is 1. The second-order valence-corrected chi connectivity index (χ2v) is 6.24. The zero-order valence-electron chi connectivity index (χ0n) is 13.7. The fraction of sp³-hybridized carbons (Fsp3) is 0.824. The predicted octanol–water partition coefficient (Wildman–Crippen LogP) is 2.37. The molecule has 120 valence electrons. The molecule has 0 aromatic rings. The maximum Gasteiger partial charge on any atom is 0.240 e. The molecule has 1 N–H and O–H groups in total. The second-order valence-electron chi connectivity index (χ2n) is 6.24. The van der Waals surface area contributed by atoms with Crippen molar-refractivity contribution in [2.45, 2.75) is 57.9 Å². The van der Waals surface area contributed by atoms with E-state index in [1.165, 1.54) is 31.4 Å². The number of hydrogen-bond acceptors (Lipinski definition) is 3. The first kappa shape index (κ1) is 16.5. The molecule has 21 heavy (non-hydrogen) atoms. The minimum absolute atomic E-state index is 0.294. The van der Waals surface area contributed by atoms with Crippen LogP contribution in [-0.4, -0.2) is 55.0 Å². The summed E-state index contributed by atoms with van der Waals surface area (Å²) in [7, 11) is 2.00. The highest BCUT2D eigenvalue weighted by Gasteiger charge is 2.26. The van der Waals surface area contributed by atoms with Crippen molar-refractivity contribution in [2.24, 2.45) is 0 Å². The predicted molar refractivity (Wildman–Crippen MR) is 87.1 cm³/mol. The normalized spacial score (nSPS) is 23.1. The molecule has 0 radical (unpaired) electrons. The van der Waals surface area contributed by atoms with Crippen LogP contribution in [0.3, 0.4) is 0 Å². The molecule has 2 rings (SSSR count). The van der Waals surface area contributed by atoms with Crippen LogP contribution < -0.4 is 5.32 Å². The average Bonchev–Trinajstić information content (AvgIpc) is 3.01. The molecule has 0 spiro atoms. The van der Waals surface area contributed by atoms with E-state index in [0.29, 0.717) is 18.5 Å². The first-order chi connectivity index (χ1) is 10.3. The lowest BCUT2D eigenvalue weighted by atomic mass is 9.99. The molecule has 1 fully saturated rings. The number of likely N-dealkylation sites (N-methyl/N-ethyl adjacent to an activating group) is 1. The third-order valence-corrected chi connectivity index (χ3v) is 4.80. The van der Waals surface area contributed by atoms with Crippen molar-refractivity contribution in [1.29, 1.82) is 0 Å². The van der Waals surface area contributed by atoms with Crippen LogP contribution in [0.15, 0.2) is 11.8 Å². The first-order valence-corrected chi connectivity index (χ1v) is 8.64. The summed E-state index contributed by atoms with van der Waals surface area (Å²) in [5.41, 5.74) is 1.26. The molecular weight excluding hydrogens is 262 g/mol. The van der Waals surface area contributed by atoms with Gasteiger partial charge in [-0.3, -0.25) is 9.69 Å². The van der Waals surface area contributed by atoms with Crippen molar-refractivity contribution >= 4 is 5.91 Å². The molecule has 1 amide bonds. The highest BCUT2D eigenvalue weighted by atomic mass is 16.2. The molecule has 0 saturated carbocycles. The Labute approximate surface area is 129 Å². The highest BCUT2D eigenvalue weighted by molar-refractivity contribution is 5.80. The molecule has 1 aliphatic heterocycles. The van der Waals surface area contributed by atoms with Gasteiger partial charge in [0.15, 0.2) is 0 Å². The van der Waals surface area contributed by atoms with Gasteiger partial charge in [0.05, 0.1) is 6.54 Å². The summed E-state index contributed by atoms with van der Waals surface area (Å²) >= 11 is 0. The van der Waals surface area contributed by atoms with Gasteiger partial charge in [0.25, 0.3) is 0 Å². The number of carbonyl (C=O) groups excluding carboxylic acids is 1. The number of amides is 1. The van der Waals surface area contributed by atoms with Crippen molar-refractivity contribution in [1.82, 2.24) is 15.1 Å². The van der Waals surface area contributed by atoms with Gasteiger partial charge in [-0.05, 0) is 65.6 Å². The van der Waals surface area contributed by atoms with Crippen LogP contribution in [-0.2, 0) is 4.79 Å². The lowest BCUT2D eigenvalue weighted by Gasteiger charge is -2.36. The van der Waals surface area contributed by atoms with Crippen LogP contribution in [0.5, 0.6) is 0 Å². The summed E-state index contributed by atoms with van der Waals surface area (Å²) in [6, 6.07) is 0.575. The Bertz CT molecular complexity index is 367. The third kappa shape index (κ3) is 4.55. The minimum atomic E-state index is 0.294. The number of allylic oxidation sites excluding steroid dienone is 2. The van der Waals surface area contributed by atoms with Crippen molar-refractivity contribution in [2.75, 3.05) is 33.2 Å². The Hall–Kier alpha value is -0.870. The van der Waals surface area contributed by atoms with Crippen LogP contribution in [0.2, 0.25) is 0 Å². The quantitative estimate of drug-likeness (QED) is 0.783. The van der Waals surface area contributed by atoms with E-state index < -0.39 is 0 Å². The van der Waals surface area contributed by atoms with Crippen LogP contribution in [0.4, 0.5) is 0 Å². The lowest BCUT2D eigenvalue weighted by molar-refractivity contribution is -0.131. The van der Waals surface area contributed by atoms with Gasteiger partial charge >= 0.3 is 0 Å². The second kappa shape index (κ2) is 8.54. The first-order valence-electron chi connectivity index (χ1n) is 8.64. The van der Waals surface area contributed by atoms with Crippen molar-refractivity contribution in [3.63, 3.8) is 0 Å². The summed E-state index contributed by atoms with van der Waals surface area (Å²) in [5.74, 6) is 0.294. The zero-order valence-corrected chi connectivity index (χ0v) is 13.7. The zero-order chi connectivity index (χ0) is 15.1. The Morgan fingerprint density at radius 1 is 1.43 bits per heavy atom. The van der Waals surface area contributed by atoms with Gasteiger partial charge in [0.1, 0.15) is 0 Å². The monoisotopic (exact) mass is 293 g/mol. The maximum atomic E-state index is 12.7. The lowest BCUT2D eigenvalue weighted by Crippen LogP contribution is -2.47. The van der Waals surface area contributed by atoms with E-state index in [-0.39, 0.29) is 0 Å². The number of nitrogens with zero attached hydrogens (tertiary/aromatic N) is 2. The Morgan fingerprint density at radius 3 is 2.95 bits per heavy atom. The van der Waals surface area contributed by atoms with Crippen molar-refractivity contribution < 1.29 is 4.79 Å². The van der Waals surface area contributed by atoms with Crippen LogP contribution in [0, 0.1) is 0 Å². The van der Waals surface area contributed by atoms with E-state index in [9.17, 15) is 4.79 Å². The molecule has 4 nitrogen and oxygen atoms in total. The number of hydrogen-bond donors (Lipinski definition) is 1. The minimum Gasteiger partial charge on any atom is -0.320 e. The van der Waals surface area contributed by atoms with Gasteiger partial charge in [0.2, 0.25) is 5.91 Å². The van der Waals surface area contributed by atoms with E-state index in [0.717, 1.165) is 38.9 Å². The molecule has 4 heteroatoms. The van der Waals surface area contributed by atoms with Gasteiger partial charge in [-0.15, -0.1) is 0 Å². The topological polar surface area (TPSA) is 35.6 Å². The summed E-state index contributed by atoms with van der Waals surface area (Å²) < 4.78 is 0. The van der Waals surface area contributed by atoms with E-state index in [1.54, 1.807) is 0 Å². The molecule has 1 aliphatic carbocycles. The van der Waals surface area contributed by atoms with Gasteiger partial charge in [-0.25, -0.2) is 0 Å². The number of likely N-dealkylation sites (tertiary alicyclic amines) is 1. The smallest absolute Gasteiger partial charge is 0.240 e. The number of nitrogens with one attached hydrogen (secondary N) is 1. The molecule has 0 aromatic heterocycles. The van der Waals surface area contributed by atoms with Crippen molar-refractivity contribution in [3.8, 4) is 0 Å². The number of carbonyl (C=O) groups is 1. The summed E-state index contributed by atoms with van der Waals surface area (Å²) in [6.45, 7) is 5.61. The highest BCUT2D eigenvalue weighted by Crippen LogP contribution is 2.23. The molecule has 1 heterocycles. The molecule has 0 bridgehead atoms. The van der Waals surface area contributed by atoms with Gasteiger partial charge in [0, 0.05) is 18.3 Å². The fourth-order valence-corrected chi connectivity index (χ4v) is 3.60. The Morgan fingerprint density at radius 2 is 2.29 bits per heavy atom. The van der Waals surface area contributed by atoms with E-state index in [2.05, 4.69) is 23.2 Å². The largest absolute Gasteiger partial charge is 0.320 e. The molecule has 1 unspecified atom stereocenters. The Balaban J connectivity index is 1.92. The average molecular weight is 293 g/mol. The molecule has 1 atom stereocenters. The molecule has 0 aromatic carbocycles. The Kier molecular flexibility index (Phi) is 6.71. The van der Waals surface area contributed by atoms with E-state index in [1.807, 2.05) is 11.9 Å². The molecule has 1 saturated heterocycles. The van der Waals surface area contributed by atoms with Gasteiger partial charge in [-0.2, -0.15) is 0 Å². The molecular formula is C17H31N3O. The maximum absolute atomic E-state index is 12.7. The summed E-state index contributed by atoms with van der Waals surface area (Å²) in [6.07, 6.45) is 10.6. The standard InChI is InChI=1S/C17H31N3O/c1-3-20(16-9-4-5-10-16)17(21)14-19-13-7-6-8-15(19)11-12-18-2/h9,15,18H,3-8,10-14H2,1-2H3. The van der Waals surface area contributed by atoms with Crippen molar-refractivity contribution in [3.05, 3.63) is 11.8 Å². The van der Waals surface area contributed by atoms with Crippen LogP contribution >= 0.6 is 0 Å². The third-order valence-electron chi connectivity index (χ3n) is 4.80. The van der Waals surface area contributed by atoms with Crippen LogP contribution in [0.1, 0.15) is 51.9 Å². The summed E-state index contributed by atoms with van der Waals surface area (Å²) in [5, 5.41) is 3.24. The van der Waals surface area contributed by atoms with E-state index in [4.69, 9.17) is 0 Å². The van der Waals surface area contributed by atoms with E-state index >= 15 is 0 Å². The number of rotatable bonds is 7. The molecule has 2 aliphatic rings.